The van der Waals surface area contributed by atoms with E-state index in [0.717, 1.165) is 28.6 Å². The van der Waals surface area contributed by atoms with Crippen molar-refractivity contribution in [3.05, 3.63) is 77.5 Å². The van der Waals surface area contributed by atoms with E-state index < -0.39 is 11.7 Å². The van der Waals surface area contributed by atoms with Crippen molar-refractivity contribution in [3.8, 4) is 11.6 Å². The number of hydrazine groups is 1. The lowest BCUT2D eigenvalue weighted by molar-refractivity contribution is -0.137. The third kappa shape index (κ3) is 3.72. The molecule has 0 atom stereocenters. The zero-order valence-electron chi connectivity index (χ0n) is 14.6. The molecule has 1 aromatic heterocycles. The van der Waals surface area contributed by atoms with Crippen molar-refractivity contribution in [2.24, 2.45) is 0 Å². The first kappa shape index (κ1) is 18.1. The second kappa shape index (κ2) is 7.05. The highest BCUT2D eigenvalue weighted by atomic mass is 19.4. The summed E-state index contributed by atoms with van der Waals surface area (Å²) in [6.07, 6.45) is -2.29. The number of nitrogens with one attached hydrogen (secondary N) is 1. The summed E-state index contributed by atoms with van der Waals surface area (Å²) >= 11 is 0. The molecule has 0 saturated heterocycles. The quantitative estimate of drug-likeness (QED) is 0.632. The van der Waals surface area contributed by atoms with Crippen LogP contribution < -0.4 is 15.3 Å². The van der Waals surface area contributed by atoms with Crippen LogP contribution in [0.2, 0.25) is 0 Å². The van der Waals surface area contributed by atoms with Crippen molar-refractivity contribution in [1.82, 2.24) is 4.98 Å². The lowest BCUT2D eigenvalue weighted by Gasteiger charge is -2.26. The standard InChI is InChI=1S/C20H16F3N3O2/c21-20(22,23)15-7-10-19(24-12-15)28-16-8-9-17-14(11-16)6-5-13-3-1-2-4-18(13)26(27)25-17/h1-4,7-12,25,27H,5-6H2. The van der Waals surface area contributed by atoms with Gasteiger partial charge in [-0.2, -0.15) is 18.3 Å². The van der Waals surface area contributed by atoms with Gasteiger partial charge in [-0.05, 0) is 54.3 Å². The molecule has 3 aromatic rings. The summed E-state index contributed by atoms with van der Waals surface area (Å²) in [6.45, 7) is 0. The van der Waals surface area contributed by atoms with Gasteiger partial charge in [-0.3, -0.25) is 10.6 Å². The molecular weight excluding hydrogens is 371 g/mol. The summed E-state index contributed by atoms with van der Waals surface area (Å²) in [5.41, 5.74) is 5.38. The number of para-hydroxylation sites is 1. The highest BCUT2D eigenvalue weighted by molar-refractivity contribution is 5.63. The fraction of sp³-hybridized carbons (Fsp3) is 0.150. The molecule has 1 aliphatic rings. The zero-order chi connectivity index (χ0) is 19.7. The van der Waals surface area contributed by atoms with Crippen molar-refractivity contribution in [2.75, 3.05) is 10.6 Å². The third-order valence-electron chi connectivity index (χ3n) is 4.47. The minimum atomic E-state index is -4.44. The zero-order valence-corrected chi connectivity index (χ0v) is 14.6. The van der Waals surface area contributed by atoms with Gasteiger partial charge in [0.15, 0.2) is 0 Å². The first-order valence-corrected chi connectivity index (χ1v) is 8.58. The number of ether oxygens (including phenoxy) is 1. The maximum atomic E-state index is 12.6. The maximum Gasteiger partial charge on any atom is 0.417 e. The number of fused-ring (bicyclic) bond motifs is 2. The van der Waals surface area contributed by atoms with E-state index in [1.165, 1.54) is 6.07 Å². The van der Waals surface area contributed by atoms with Crippen molar-refractivity contribution >= 4 is 11.4 Å². The molecule has 8 heteroatoms. The number of halogens is 3. The number of pyridine rings is 1. The van der Waals surface area contributed by atoms with Gasteiger partial charge < -0.3 is 4.74 Å². The van der Waals surface area contributed by atoms with Crippen LogP contribution in [0.15, 0.2) is 60.8 Å². The van der Waals surface area contributed by atoms with E-state index in [1.807, 2.05) is 24.3 Å². The Kier molecular flexibility index (Phi) is 4.56. The third-order valence-corrected chi connectivity index (χ3v) is 4.47. The fourth-order valence-corrected chi connectivity index (χ4v) is 3.05. The minimum absolute atomic E-state index is 0.0703. The molecule has 5 nitrogen and oxygen atoms in total. The second-order valence-corrected chi connectivity index (χ2v) is 6.36. The van der Waals surface area contributed by atoms with E-state index in [1.54, 1.807) is 18.2 Å². The van der Waals surface area contributed by atoms with Crippen LogP contribution in [0.3, 0.4) is 0 Å². The highest BCUT2D eigenvalue weighted by Gasteiger charge is 2.30. The van der Waals surface area contributed by atoms with Crippen LogP contribution in [-0.4, -0.2) is 10.2 Å². The molecule has 0 radical (unpaired) electrons. The molecule has 0 aliphatic carbocycles. The van der Waals surface area contributed by atoms with E-state index in [2.05, 4.69) is 10.4 Å². The number of aryl methyl sites for hydroxylation is 2. The van der Waals surface area contributed by atoms with Gasteiger partial charge in [0.25, 0.3) is 0 Å². The van der Waals surface area contributed by atoms with Crippen LogP contribution in [-0.2, 0) is 19.0 Å². The van der Waals surface area contributed by atoms with Gasteiger partial charge in [0, 0.05) is 12.3 Å². The largest absolute Gasteiger partial charge is 0.439 e. The van der Waals surface area contributed by atoms with Crippen molar-refractivity contribution in [3.63, 3.8) is 0 Å². The molecule has 2 aromatic carbocycles. The summed E-state index contributed by atoms with van der Waals surface area (Å²) in [7, 11) is 0. The minimum Gasteiger partial charge on any atom is -0.439 e. The molecule has 0 spiro atoms. The van der Waals surface area contributed by atoms with Crippen molar-refractivity contribution in [1.29, 1.82) is 0 Å². The van der Waals surface area contributed by atoms with Crippen LogP contribution in [0.5, 0.6) is 11.6 Å². The lowest BCUT2D eigenvalue weighted by atomic mass is 10.0. The molecule has 0 saturated carbocycles. The summed E-state index contributed by atoms with van der Waals surface area (Å²) in [5, 5.41) is 11.3. The van der Waals surface area contributed by atoms with Gasteiger partial charge in [0.05, 0.1) is 16.9 Å². The Morgan fingerprint density at radius 1 is 1.00 bits per heavy atom. The molecule has 0 fully saturated rings. The SMILES string of the molecule is ON1Nc2ccc(Oc3ccc(C(F)(F)F)cn3)cc2CCc2ccccc21. The number of alkyl halides is 3. The molecule has 1 aliphatic heterocycles. The van der Waals surface area contributed by atoms with Crippen LogP contribution in [0, 0.1) is 0 Å². The predicted octanol–water partition coefficient (Wildman–Crippen LogP) is 5.21. The van der Waals surface area contributed by atoms with Gasteiger partial charge >= 0.3 is 6.18 Å². The van der Waals surface area contributed by atoms with E-state index >= 15 is 0 Å². The van der Waals surface area contributed by atoms with Crippen molar-refractivity contribution < 1.29 is 23.1 Å². The second-order valence-electron chi connectivity index (χ2n) is 6.36. The first-order chi connectivity index (χ1) is 13.4. The molecule has 144 valence electrons. The Morgan fingerprint density at radius 3 is 2.54 bits per heavy atom. The van der Waals surface area contributed by atoms with Crippen LogP contribution >= 0.6 is 0 Å². The molecule has 2 heterocycles. The Morgan fingerprint density at radius 2 is 1.79 bits per heavy atom. The first-order valence-electron chi connectivity index (χ1n) is 8.58. The Balaban J connectivity index is 1.55. The average molecular weight is 387 g/mol. The average Bonchev–Trinajstić information content (AvgIpc) is 2.66. The van der Waals surface area contributed by atoms with Crippen LogP contribution in [0.25, 0.3) is 0 Å². The molecule has 0 bridgehead atoms. The van der Waals surface area contributed by atoms with Gasteiger partial charge in [0.1, 0.15) is 5.75 Å². The molecule has 2 N–H and O–H groups in total. The lowest BCUT2D eigenvalue weighted by Crippen LogP contribution is -2.28. The molecule has 28 heavy (non-hydrogen) atoms. The number of aromatic nitrogens is 1. The van der Waals surface area contributed by atoms with E-state index in [4.69, 9.17) is 4.74 Å². The van der Waals surface area contributed by atoms with Crippen LogP contribution in [0.1, 0.15) is 16.7 Å². The van der Waals surface area contributed by atoms with E-state index in [0.29, 0.717) is 30.0 Å². The Labute approximate surface area is 158 Å². The Hall–Kier alpha value is -3.26. The van der Waals surface area contributed by atoms with Crippen molar-refractivity contribution in [2.45, 2.75) is 19.0 Å². The van der Waals surface area contributed by atoms with E-state index in [9.17, 15) is 18.4 Å². The summed E-state index contributed by atoms with van der Waals surface area (Å²) < 4.78 is 43.5. The molecule has 0 unspecified atom stereocenters. The Bertz CT molecular complexity index is 991. The number of hydrogen-bond acceptors (Lipinski definition) is 5. The van der Waals surface area contributed by atoms with Gasteiger partial charge in [-0.15, -0.1) is 0 Å². The molecule has 4 rings (SSSR count). The number of anilines is 2. The smallest absolute Gasteiger partial charge is 0.417 e. The summed E-state index contributed by atoms with van der Waals surface area (Å²) in [5.74, 6) is 0.520. The normalized spacial score (nSPS) is 13.6. The predicted molar refractivity (Wildman–Crippen MR) is 97.5 cm³/mol. The van der Waals surface area contributed by atoms with E-state index in [-0.39, 0.29) is 5.88 Å². The van der Waals surface area contributed by atoms with Crippen LogP contribution in [0.4, 0.5) is 24.5 Å². The summed E-state index contributed by atoms with van der Waals surface area (Å²) in [6, 6.07) is 14.8. The fourth-order valence-electron chi connectivity index (χ4n) is 3.05. The number of rotatable bonds is 2. The van der Waals surface area contributed by atoms with Gasteiger partial charge in [-0.1, -0.05) is 18.2 Å². The van der Waals surface area contributed by atoms with Gasteiger partial charge in [-0.25, -0.2) is 4.98 Å². The molecule has 0 amide bonds. The molecular formula is C20H16F3N3O2. The number of benzene rings is 2. The number of hydrogen-bond donors (Lipinski definition) is 2. The number of nitrogens with zero attached hydrogens (tertiary/aromatic N) is 2. The monoisotopic (exact) mass is 387 g/mol. The summed E-state index contributed by atoms with van der Waals surface area (Å²) in [4.78, 5) is 3.72. The maximum absolute atomic E-state index is 12.6. The van der Waals surface area contributed by atoms with Gasteiger partial charge in [0.2, 0.25) is 5.88 Å². The highest BCUT2D eigenvalue weighted by Crippen LogP contribution is 2.33. The topological polar surface area (TPSA) is 57.6 Å².